The topological polar surface area (TPSA) is 68.0 Å². The molecule has 0 saturated heterocycles. The quantitative estimate of drug-likeness (QED) is 0.727. The lowest BCUT2D eigenvalue weighted by atomic mass is 10.0. The van der Waals surface area contributed by atoms with Gasteiger partial charge in [-0.05, 0) is 25.1 Å². The molecule has 0 saturated carbocycles. The minimum atomic E-state index is -0.417. The SMILES string of the molecule is Cc1nc2cc(C(=O)c3cc(Cl)cc(Cl)c3O)cnc2n1C. The Bertz CT molecular complexity index is 919. The highest BCUT2D eigenvalue weighted by Gasteiger charge is 2.18. The normalized spacial score (nSPS) is 11.1. The maximum Gasteiger partial charge on any atom is 0.198 e. The average Bonchev–Trinajstić information content (AvgIpc) is 2.76. The van der Waals surface area contributed by atoms with E-state index in [2.05, 4.69) is 9.97 Å². The van der Waals surface area contributed by atoms with Gasteiger partial charge in [0.2, 0.25) is 0 Å². The van der Waals surface area contributed by atoms with Crippen molar-refractivity contribution in [1.29, 1.82) is 0 Å². The molecule has 2 heterocycles. The number of hydrogen-bond donors (Lipinski definition) is 1. The van der Waals surface area contributed by atoms with Crippen LogP contribution in [0.2, 0.25) is 10.0 Å². The third kappa shape index (κ3) is 2.32. The van der Waals surface area contributed by atoms with Crippen molar-refractivity contribution in [3.8, 4) is 5.75 Å². The molecule has 0 amide bonds. The van der Waals surface area contributed by atoms with Crippen molar-refractivity contribution in [2.24, 2.45) is 7.05 Å². The van der Waals surface area contributed by atoms with Crippen molar-refractivity contribution in [3.05, 3.63) is 51.4 Å². The number of hydrogen-bond acceptors (Lipinski definition) is 4. The molecule has 0 unspecified atom stereocenters. The first-order valence-corrected chi connectivity index (χ1v) is 7.16. The van der Waals surface area contributed by atoms with Gasteiger partial charge in [0.25, 0.3) is 0 Å². The molecule has 0 spiro atoms. The number of halogens is 2. The Labute approximate surface area is 136 Å². The van der Waals surface area contributed by atoms with Gasteiger partial charge in [0.15, 0.2) is 11.4 Å². The van der Waals surface area contributed by atoms with Crippen LogP contribution in [0, 0.1) is 6.92 Å². The van der Waals surface area contributed by atoms with E-state index in [9.17, 15) is 9.90 Å². The molecule has 0 bridgehead atoms. The molecular weight excluding hydrogens is 325 g/mol. The number of aromatic hydroxyl groups is 1. The zero-order valence-electron chi connectivity index (χ0n) is 11.8. The molecule has 0 aliphatic heterocycles. The van der Waals surface area contributed by atoms with Gasteiger partial charge in [-0.1, -0.05) is 23.2 Å². The maximum absolute atomic E-state index is 12.6. The van der Waals surface area contributed by atoms with Crippen molar-refractivity contribution >= 4 is 40.1 Å². The van der Waals surface area contributed by atoms with Gasteiger partial charge in [-0.3, -0.25) is 4.79 Å². The number of aryl methyl sites for hydroxylation is 2. The summed E-state index contributed by atoms with van der Waals surface area (Å²) < 4.78 is 1.83. The zero-order chi connectivity index (χ0) is 16.0. The van der Waals surface area contributed by atoms with Gasteiger partial charge < -0.3 is 9.67 Å². The fourth-order valence-electron chi connectivity index (χ4n) is 2.21. The molecule has 3 rings (SSSR count). The van der Waals surface area contributed by atoms with Gasteiger partial charge in [0.05, 0.1) is 10.6 Å². The summed E-state index contributed by atoms with van der Waals surface area (Å²) >= 11 is 11.7. The van der Waals surface area contributed by atoms with Gasteiger partial charge in [0, 0.05) is 23.8 Å². The van der Waals surface area contributed by atoms with Crippen LogP contribution in [0.15, 0.2) is 24.4 Å². The van der Waals surface area contributed by atoms with Crippen LogP contribution < -0.4 is 0 Å². The van der Waals surface area contributed by atoms with Gasteiger partial charge in [-0.2, -0.15) is 0 Å². The van der Waals surface area contributed by atoms with Crippen molar-refractivity contribution < 1.29 is 9.90 Å². The van der Waals surface area contributed by atoms with Crippen molar-refractivity contribution in [2.75, 3.05) is 0 Å². The van der Waals surface area contributed by atoms with E-state index < -0.39 is 5.78 Å². The summed E-state index contributed by atoms with van der Waals surface area (Å²) in [5.41, 5.74) is 1.63. The van der Waals surface area contributed by atoms with E-state index in [1.165, 1.54) is 18.3 Å². The Kier molecular flexibility index (Phi) is 3.54. The van der Waals surface area contributed by atoms with E-state index in [4.69, 9.17) is 23.2 Å². The van der Waals surface area contributed by atoms with Gasteiger partial charge in [-0.15, -0.1) is 0 Å². The van der Waals surface area contributed by atoms with E-state index in [0.29, 0.717) is 16.7 Å². The summed E-state index contributed by atoms with van der Waals surface area (Å²) in [6, 6.07) is 4.38. The highest BCUT2D eigenvalue weighted by atomic mass is 35.5. The number of nitrogens with zero attached hydrogens (tertiary/aromatic N) is 3. The molecule has 2 aromatic heterocycles. The van der Waals surface area contributed by atoms with Crippen LogP contribution in [-0.4, -0.2) is 25.4 Å². The predicted molar refractivity (Wildman–Crippen MR) is 84.8 cm³/mol. The lowest BCUT2D eigenvalue weighted by Crippen LogP contribution is -2.03. The second kappa shape index (κ2) is 5.26. The Morgan fingerprint density at radius 1 is 1.27 bits per heavy atom. The zero-order valence-corrected chi connectivity index (χ0v) is 13.3. The number of fused-ring (bicyclic) bond motifs is 1. The fraction of sp³-hybridized carbons (Fsp3) is 0.133. The summed E-state index contributed by atoms with van der Waals surface area (Å²) in [5, 5.41) is 10.3. The van der Waals surface area contributed by atoms with Crippen molar-refractivity contribution in [3.63, 3.8) is 0 Å². The Morgan fingerprint density at radius 3 is 2.73 bits per heavy atom. The van der Waals surface area contributed by atoms with Crippen LogP contribution >= 0.6 is 23.2 Å². The molecule has 0 aliphatic rings. The van der Waals surface area contributed by atoms with Gasteiger partial charge in [-0.25, -0.2) is 9.97 Å². The maximum atomic E-state index is 12.6. The first-order valence-electron chi connectivity index (χ1n) is 6.40. The Hall–Kier alpha value is -2.11. The second-order valence-electron chi connectivity index (χ2n) is 4.90. The van der Waals surface area contributed by atoms with E-state index in [1.807, 2.05) is 18.5 Å². The van der Waals surface area contributed by atoms with E-state index >= 15 is 0 Å². The highest BCUT2D eigenvalue weighted by molar-refractivity contribution is 6.36. The third-order valence-electron chi connectivity index (χ3n) is 3.47. The molecule has 3 aromatic rings. The molecule has 22 heavy (non-hydrogen) atoms. The number of carbonyl (C=O) groups is 1. The van der Waals surface area contributed by atoms with Crippen LogP contribution in [0.4, 0.5) is 0 Å². The number of pyridine rings is 1. The monoisotopic (exact) mass is 335 g/mol. The average molecular weight is 336 g/mol. The molecule has 1 aromatic carbocycles. The van der Waals surface area contributed by atoms with Crippen LogP contribution in [0.5, 0.6) is 5.75 Å². The smallest absolute Gasteiger partial charge is 0.198 e. The molecular formula is C15H11Cl2N3O2. The van der Waals surface area contributed by atoms with Gasteiger partial charge >= 0.3 is 0 Å². The number of phenols is 1. The summed E-state index contributed by atoms with van der Waals surface area (Å²) in [6.45, 7) is 1.85. The first kappa shape index (κ1) is 14.8. The lowest BCUT2D eigenvalue weighted by molar-refractivity contribution is 0.103. The van der Waals surface area contributed by atoms with Crippen LogP contribution in [-0.2, 0) is 7.05 Å². The number of benzene rings is 1. The molecule has 0 radical (unpaired) electrons. The molecule has 5 nitrogen and oxygen atoms in total. The van der Waals surface area contributed by atoms with E-state index in [0.717, 1.165) is 5.82 Å². The minimum absolute atomic E-state index is 0.0265. The summed E-state index contributed by atoms with van der Waals surface area (Å²) in [6.07, 6.45) is 1.44. The molecule has 0 fully saturated rings. The van der Waals surface area contributed by atoms with Crippen molar-refractivity contribution in [1.82, 2.24) is 14.5 Å². The van der Waals surface area contributed by atoms with E-state index in [1.54, 1.807) is 6.07 Å². The lowest BCUT2D eigenvalue weighted by Gasteiger charge is -2.06. The first-order chi connectivity index (χ1) is 10.4. The highest BCUT2D eigenvalue weighted by Crippen LogP contribution is 2.32. The molecule has 1 N–H and O–H groups in total. The molecule has 112 valence electrons. The predicted octanol–water partition coefficient (Wildman–Crippen LogP) is 3.52. The molecule has 7 heteroatoms. The number of carbonyl (C=O) groups excluding carboxylic acids is 1. The number of imidazole rings is 1. The second-order valence-corrected chi connectivity index (χ2v) is 5.74. The van der Waals surface area contributed by atoms with Crippen LogP contribution in [0.1, 0.15) is 21.7 Å². The number of aromatic nitrogens is 3. The van der Waals surface area contributed by atoms with Crippen LogP contribution in [0.25, 0.3) is 11.2 Å². The molecule has 0 aliphatic carbocycles. The molecule has 0 atom stereocenters. The Balaban J connectivity index is 2.13. The third-order valence-corrected chi connectivity index (χ3v) is 3.97. The number of rotatable bonds is 2. The summed E-state index contributed by atoms with van der Waals surface area (Å²) in [4.78, 5) is 21.2. The van der Waals surface area contributed by atoms with Crippen molar-refractivity contribution in [2.45, 2.75) is 6.92 Å². The standard InChI is InChI=1S/C15H11Cl2N3O2/c1-7-19-12-3-8(6-18-15(12)20(7)2)13(21)10-4-9(16)5-11(17)14(10)22/h3-6,22H,1-2H3. The van der Waals surface area contributed by atoms with E-state index in [-0.39, 0.29) is 21.4 Å². The van der Waals surface area contributed by atoms with Crippen LogP contribution in [0.3, 0.4) is 0 Å². The number of ketones is 1. The fourth-order valence-corrected chi connectivity index (χ4v) is 2.70. The minimum Gasteiger partial charge on any atom is -0.506 e. The summed E-state index contributed by atoms with van der Waals surface area (Å²) in [5.74, 6) is 0.0775. The number of phenolic OH excluding ortho intramolecular Hbond substituents is 1. The summed E-state index contributed by atoms with van der Waals surface area (Å²) in [7, 11) is 1.85. The Morgan fingerprint density at radius 2 is 2.00 bits per heavy atom. The largest absolute Gasteiger partial charge is 0.506 e. The van der Waals surface area contributed by atoms with Gasteiger partial charge in [0.1, 0.15) is 17.1 Å².